The van der Waals surface area contributed by atoms with Crippen molar-refractivity contribution in [2.24, 2.45) is 0 Å². The second-order valence-corrected chi connectivity index (χ2v) is 7.68. The first-order chi connectivity index (χ1) is 8.88. The highest BCUT2D eigenvalue weighted by Crippen LogP contribution is 2.34. The van der Waals surface area contributed by atoms with E-state index in [-0.39, 0.29) is 15.8 Å². The maximum absolute atomic E-state index is 12.0. The van der Waals surface area contributed by atoms with Crippen molar-refractivity contribution in [3.63, 3.8) is 0 Å². The third-order valence-electron chi connectivity index (χ3n) is 2.19. The molecular weight excluding hydrogens is 329 g/mol. The van der Waals surface area contributed by atoms with Crippen LogP contribution >= 0.6 is 34.5 Å². The molecule has 0 atom stereocenters. The lowest BCUT2D eigenvalue weighted by molar-refractivity contribution is 0.580. The van der Waals surface area contributed by atoms with E-state index in [4.69, 9.17) is 23.2 Å². The van der Waals surface area contributed by atoms with E-state index in [2.05, 4.69) is 14.7 Å². The Kier molecular flexibility index (Phi) is 4.42. The van der Waals surface area contributed by atoms with Gasteiger partial charge in [-0.1, -0.05) is 23.2 Å². The smallest absolute Gasteiger partial charge is 0.243 e. The third-order valence-corrected chi connectivity index (χ3v) is 5.35. The Hall–Kier alpha value is -0.730. The van der Waals surface area contributed by atoms with Crippen LogP contribution in [0.1, 0.15) is 11.4 Å². The van der Waals surface area contributed by atoms with E-state index in [1.807, 2.05) is 0 Å². The van der Waals surface area contributed by atoms with Gasteiger partial charge in [0.15, 0.2) is 0 Å². The Balaban J connectivity index is 2.14. The lowest BCUT2D eigenvalue weighted by atomic mass is 10.4. The molecule has 2 aromatic heterocycles. The summed E-state index contributed by atoms with van der Waals surface area (Å²) in [5.74, 6) is 0. The number of thiophene rings is 1. The molecule has 0 aliphatic rings. The molecule has 0 spiro atoms. The molecule has 0 fully saturated rings. The van der Waals surface area contributed by atoms with E-state index >= 15 is 0 Å². The monoisotopic (exact) mass is 337 g/mol. The van der Waals surface area contributed by atoms with Gasteiger partial charge in [-0.05, 0) is 13.0 Å². The summed E-state index contributed by atoms with van der Waals surface area (Å²) >= 11 is 12.5. The first-order valence-corrected chi connectivity index (χ1v) is 8.16. The molecule has 0 aromatic carbocycles. The lowest BCUT2D eigenvalue weighted by Gasteiger charge is -2.05. The predicted octanol–water partition coefficient (Wildman–Crippen LogP) is 2.63. The minimum atomic E-state index is -3.70. The van der Waals surface area contributed by atoms with Gasteiger partial charge < -0.3 is 0 Å². The molecule has 0 bridgehead atoms. The van der Waals surface area contributed by atoms with Gasteiger partial charge in [0.05, 0.1) is 28.5 Å². The molecule has 0 aliphatic carbocycles. The van der Waals surface area contributed by atoms with Crippen molar-refractivity contribution in [1.82, 2.24) is 14.7 Å². The molecule has 2 aromatic rings. The second kappa shape index (κ2) is 5.72. The molecular formula is C10H9Cl2N3O2S2. The van der Waals surface area contributed by atoms with Crippen LogP contribution in [0, 0.1) is 6.92 Å². The molecule has 0 unspecified atom stereocenters. The van der Waals surface area contributed by atoms with Crippen LogP contribution in [0.25, 0.3) is 0 Å². The zero-order chi connectivity index (χ0) is 14.0. The number of sulfonamides is 1. The van der Waals surface area contributed by atoms with Crippen molar-refractivity contribution >= 4 is 44.6 Å². The number of aromatic nitrogens is 2. The molecule has 1 N–H and O–H groups in total. The summed E-state index contributed by atoms with van der Waals surface area (Å²) in [5, 5.41) is 0. The van der Waals surface area contributed by atoms with Crippen LogP contribution in [0.4, 0.5) is 0 Å². The van der Waals surface area contributed by atoms with E-state index in [9.17, 15) is 8.42 Å². The zero-order valence-corrected chi connectivity index (χ0v) is 12.9. The van der Waals surface area contributed by atoms with Gasteiger partial charge in [-0.3, -0.25) is 9.97 Å². The fourth-order valence-electron chi connectivity index (χ4n) is 1.27. The maximum atomic E-state index is 12.0. The number of nitrogens with one attached hydrogen (secondary N) is 1. The van der Waals surface area contributed by atoms with Crippen LogP contribution in [0.5, 0.6) is 0 Å². The van der Waals surface area contributed by atoms with Gasteiger partial charge in [-0.25, -0.2) is 13.1 Å². The van der Waals surface area contributed by atoms with Crippen LogP contribution in [0.15, 0.2) is 23.4 Å². The van der Waals surface area contributed by atoms with Gasteiger partial charge in [0.25, 0.3) is 0 Å². The second-order valence-electron chi connectivity index (χ2n) is 3.66. The van der Waals surface area contributed by atoms with Gasteiger partial charge in [0.2, 0.25) is 10.0 Å². The number of rotatable bonds is 4. The summed E-state index contributed by atoms with van der Waals surface area (Å²) < 4.78 is 26.9. The SMILES string of the molecule is Cc1cnc(CNS(=O)(=O)c2cc(Cl)sc2Cl)cn1. The normalized spacial score (nSPS) is 11.7. The summed E-state index contributed by atoms with van der Waals surface area (Å²) in [7, 11) is -3.70. The Morgan fingerprint density at radius 2 is 2.05 bits per heavy atom. The highest BCUT2D eigenvalue weighted by atomic mass is 35.5. The predicted molar refractivity (Wildman–Crippen MR) is 75.1 cm³/mol. The van der Waals surface area contributed by atoms with E-state index in [1.54, 1.807) is 13.1 Å². The van der Waals surface area contributed by atoms with Crippen LogP contribution < -0.4 is 4.72 Å². The Labute approximate surface area is 124 Å². The molecule has 2 rings (SSSR count). The molecule has 0 saturated carbocycles. The lowest BCUT2D eigenvalue weighted by Crippen LogP contribution is -2.23. The van der Waals surface area contributed by atoms with Gasteiger partial charge in [0.1, 0.15) is 9.23 Å². The minimum absolute atomic E-state index is 0.0239. The van der Waals surface area contributed by atoms with Crippen molar-refractivity contribution in [2.45, 2.75) is 18.4 Å². The molecule has 102 valence electrons. The number of hydrogen-bond donors (Lipinski definition) is 1. The minimum Gasteiger partial charge on any atom is -0.258 e. The van der Waals surface area contributed by atoms with E-state index in [0.717, 1.165) is 17.0 Å². The highest BCUT2D eigenvalue weighted by Gasteiger charge is 2.20. The molecule has 0 saturated heterocycles. The van der Waals surface area contributed by atoms with Crippen molar-refractivity contribution in [2.75, 3.05) is 0 Å². The van der Waals surface area contributed by atoms with Crippen LogP contribution in [-0.2, 0) is 16.6 Å². The molecule has 0 radical (unpaired) electrons. The summed E-state index contributed by atoms with van der Waals surface area (Å²) in [5.41, 5.74) is 1.28. The summed E-state index contributed by atoms with van der Waals surface area (Å²) in [6, 6.07) is 1.32. The van der Waals surface area contributed by atoms with Gasteiger partial charge in [0, 0.05) is 6.20 Å². The van der Waals surface area contributed by atoms with Crippen molar-refractivity contribution in [1.29, 1.82) is 0 Å². The fourth-order valence-corrected chi connectivity index (χ4v) is 4.41. The van der Waals surface area contributed by atoms with E-state index in [0.29, 0.717) is 10.0 Å². The molecule has 19 heavy (non-hydrogen) atoms. The average molecular weight is 338 g/mol. The summed E-state index contributed by atoms with van der Waals surface area (Å²) in [4.78, 5) is 8.06. The zero-order valence-electron chi connectivity index (χ0n) is 9.72. The quantitative estimate of drug-likeness (QED) is 0.930. The van der Waals surface area contributed by atoms with Gasteiger partial charge in [-0.2, -0.15) is 0 Å². The molecule has 0 aliphatic heterocycles. The first-order valence-electron chi connectivity index (χ1n) is 5.10. The topological polar surface area (TPSA) is 72.0 Å². The molecule has 2 heterocycles. The van der Waals surface area contributed by atoms with E-state index < -0.39 is 10.0 Å². The molecule has 0 amide bonds. The summed E-state index contributed by atoms with van der Waals surface area (Å²) in [6.45, 7) is 1.84. The number of hydrogen-bond acceptors (Lipinski definition) is 5. The largest absolute Gasteiger partial charge is 0.258 e. The Bertz CT molecular complexity index is 683. The highest BCUT2D eigenvalue weighted by molar-refractivity contribution is 7.89. The maximum Gasteiger partial charge on any atom is 0.243 e. The fraction of sp³-hybridized carbons (Fsp3) is 0.200. The van der Waals surface area contributed by atoms with Crippen LogP contribution in [-0.4, -0.2) is 18.4 Å². The summed E-state index contributed by atoms with van der Waals surface area (Å²) in [6.07, 6.45) is 3.08. The number of aryl methyl sites for hydroxylation is 1. The third kappa shape index (κ3) is 3.64. The number of halogens is 2. The van der Waals surface area contributed by atoms with Crippen LogP contribution in [0.2, 0.25) is 8.67 Å². The molecule has 9 heteroatoms. The van der Waals surface area contributed by atoms with Crippen LogP contribution in [0.3, 0.4) is 0 Å². The Morgan fingerprint density at radius 3 is 2.58 bits per heavy atom. The Morgan fingerprint density at radius 1 is 1.32 bits per heavy atom. The molecule has 5 nitrogen and oxygen atoms in total. The standard InChI is InChI=1S/C10H9Cl2N3O2S2/c1-6-3-14-7(4-13-6)5-15-19(16,17)8-2-9(11)18-10(8)12/h2-4,15H,5H2,1H3. The van der Waals surface area contributed by atoms with Crippen molar-refractivity contribution < 1.29 is 8.42 Å². The number of nitrogens with zero attached hydrogens (tertiary/aromatic N) is 2. The van der Waals surface area contributed by atoms with Crippen molar-refractivity contribution in [3.05, 3.63) is 38.5 Å². The van der Waals surface area contributed by atoms with Crippen molar-refractivity contribution in [3.8, 4) is 0 Å². The van der Waals surface area contributed by atoms with Gasteiger partial charge >= 0.3 is 0 Å². The van der Waals surface area contributed by atoms with E-state index in [1.165, 1.54) is 12.3 Å². The first kappa shape index (κ1) is 14.7. The van der Waals surface area contributed by atoms with Gasteiger partial charge in [-0.15, -0.1) is 11.3 Å². The average Bonchev–Trinajstić information content (AvgIpc) is 2.69.